The van der Waals surface area contributed by atoms with Crippen molar-refractivity contribution < 1.29 is 14.0 Å². The molecular formula is C11H12ClFN2O2S. The monoisotopic (exact) mass is 290 g/mol. The standard InChI is InChI=1S/C11H12ClFN2O2S/c12-7-3-6-10(16)14-11(17)15-18-9-5-2-1-4-8(9)13/h1-2,4-5H,3,6-7H2,(H2,14,15,16,17). The van der Waals surface area contributed by atoms with E-state index in [1.54, 1.807) is 12.1 Å². The topological polar surface area (TPSA) is 58.2 Å². The summed E-state index contributed by atoms with van der Waals surface area (Å²) >= 11 is 6.22. The summed E-state index contributed by atoms with van der Waals surface area (Å²) in [5.41, 5.74) is 0. The number of halogens is 2. The Morgan fingerprint density at radius 1 is 1.33 bits per heavy atom. The van der Waals surface area contributed by atoms with Gasteiger partial charge in [0, 0.05) is 12.3 Å². The molecule has 0 atom stereocenters. The molecule has 0 aromatic heterocycles. The van der Waals surface area contributed by atoms with Crippen LogP contribution < -0.4 is 10.0 Å². The van der Waals surface area contributed by atoms with Crippen LogP contribution in [0.25, 0.3) is 0 Å². The first-order chi connectivity index (χ1) is 8.63. The third kappa shape index (κ3) is 5.37. The normalized spacial score (nSPS) is 9.89. The number of carbonyl (C=O) groups is 2. The number of alkyl halides is 1. The van der Waals surface area contributed by atoms with Crippen LogP contribution in [-0.4, -0.2) is 17.8 Å². The van der Waals surface area contributed by atoms with Gasteiger partial charge in [-0.25, -0.2) is 9.18 Å². The summed E-state index contributed by atoms with van der Waals surface area (Å²) in [6.07, 6.45) is 0.683. The smallest absolute Gasteiger partial charge is 0.277 e. The highest BCUT2D eigenvalue weighted by Crippen LogP contribution is 2.17. The Labute approximate surface area is 113 Å². The highest BCUT2D eigenvalue weighted by molar-refractivity contribution is 7.98. The van der Waals surface area contributed by atoms with Gasteiger partial charge in [-0.2, -0.15) is 0 Å². The average Bonchev–Trinajstić information content (AvgIpc) is 2.35. The number of amides is 3. The molecule has 0 fully saturated rings. The van der Waals surface area contributed by atoms with E-state index in [1.165, 1.54) is 12.1 Å². The molecule has 2 N–H and O–H groups in total. The van der Waals surface area contributed by atoms with Gasteiger partial charge in [0.25, 0.3) is 0 Å². The van der Waals surface area contributed by atoms with E-state index >= 15 is 0 Å². The highest BCUT2D eigenvalue weighted by atomic mass is 35.5. The number of urea groups is 1. The van der Waals surface area contributed by atoms with Gasteiger partial charge < -0.3 is 0 Å². The van der Waals surface area contributed by atoms with Gasteiger partial charge in [-0.1, -0.05) is 12.1 Å². The molecule has 0 aliphatic rings. The van der Waals surface area contributed by atoms with Crippen molar-refractivity contribution in [1.29, 1.82) is 0 Å². The van der Waals surface area contributed by atoms with Crippen molar-refractivity contribution in [3.63, 3.8) is 0 Å². The Morgan fingerprint density at radius 2 is 2.06 bits per heavy atom. The summed E-state index contributed by atoms with van der Waals surface area (Å²) in [7, 11) is 0. The molecule has 3 amide bonds. The van der Waals surface area contributed by atoms with Crippen molar-refractivity contribution in [3.05, 3.63) is 30.1 Å². The lowest BCUT2D eigenvalue weighted by Crippen LogP contribution is -2.36. The molecule has 1 aromatic carbocycles. The molecule has 1 rings (SSSR count). The fraction of sp³-hybridized carbons (Fsp3) is 0.273. The summed E-state index contributed by atoms with van der Waals surface area (Å²) in [6.45, 7) is 0. The van der Waals surface area contributed by atoms with Gasteiger partial charge >= 0.3 is 6.03 Å². The molecular weight excluding hydrogens is 279 g/mol. The quantitative estimate of drug-likeness (QED) is 0.647. The van der Waals surface area contributed by atoms with E-state index in [1.807, 2.05) is 0 Å². The van der Waals surface area contributed by atoms with Crippen molar-refractivity contribution in [2.24, 2.45) is 0 Å². The number of imide groups is 1. The summed E-state index contributed by atoms with van der Waals surface area (Å²) < 4.78 is 15.5. The molecule has 0 aliphatic heterocycles. The number of benzene rings is 1. The highest BCUT2D eigenvalue weighted by Gasteiger charge is 2.08. The van der Waals surface area contributed by atoms with E-state index in [2.05, 4.69) is 10.0 Å². The summed E-state index contributed by atoms with van der Waals surface area (Å²) in [5, 5.41) is 2.11. The van der Waals surface area contributed by atoms with Crippen LogP contribution in [-0.2, 0) is 4.79 Å². The minimum absolute atomic E-state index is 0.182. The molecule has 0 heterocycles. The first-order valence-electron chi connectivity index (χ1n) is 5.20. The van der Waals surface area contributed by atoms with E-state index in [9.17, 15) is 14.0 Å². The molecule has 0 saturated heterocycles. The van der Waals surface area contributed by atoms with Gasteiger partial charge in [-0.15, -0.1) is 11.6 Å². The maximum Gasteiger partial charge on any atom is 0.331 e. The van der Waals surface area contributed by atoms with Gasteiger partial charge in [0.05, 0.1) is 4.90 Å². The predicted molar refractivity (Wildman–Crippen MR) is 68.9 cm³/mol. The third-order valence-electron chi connectivity index (χ3n) is 1.88. The van der Waals surface area contributed by atoms with Crippen LogP contribution in [0.15, 0.2) is 29.2 Å². The molecule has 0 bridgehead atoms. The second kappa shape index (κ2) is 7.94. The van der Waals surface area contributed by atoms with E-state index < -0.39 is 17.8 Å². The largest absolute Gasteiger partial charge is 0.331 e. The number of rotatable bonds is 5. The Kier molecular flexibility index (Phi) is 6.53. The number of hydrogen-bond donors (Lipinski definition) is 2. The van der Waals surface area contributed by atoms with Crippen molar-refractivity contribution >= 4 is 35.5 Å². The van der Waals surface area contributed by atoms with Crippen LogP contribution in [0.4, 0.5) is 9.18 Å². The van der Waals surface area contributed by atoms with Crippen molar-refractivity contribution in [2.45, 2.75) is 17.7 Å². The van der Waals surface area contributed by atoms with E-state index in [0.29, 0.717) is 12.3 Å². The zero-order chi connectivity index (χ0) is 13.4. The van der Waals surface area contributed by atoms with Gasteiger partial charge in [-0.3, -0.25) is 14.8 Å². The lowest BCUT2D eigenvalue weighted by Gasteiger charge is -2.06. The van der Waals surface area contributed by atoms with Crippen LogP contribution >= 0.6 is 23.5 Å². The molecule has 0 saturated carbocycles. The van der Waals surface area contributed by atoms with E-state index in [-0.39, 0.29) is 11.3 Å². The van der Waals surface area contributed by atoms with Gasteiger partial charge in [0.2, 0.25) is 5.91 Å². The summed E-state index contributed by atoms with van der Waals surface area (Å²) in [5.74, 6) is -0.488. The Bertz CT molecular complexity index is 431. The maximum atomic E-state index is 13.2. The number of carbonyl (C=O) groups excluding carboxylic acids is 2. The number of nitrogens with one attached hydrogen (secondary N) is 2. The zero-order valence-electron chi connectivity index (χ0n) is 9.41. The lowest BCUT2D eigenvalue weighted by atomic mass is 10.3. The molecule has 0 spiro atoms. The summed E-state index contributed by atoms with van der Waals surface area (Å²) in [4.78, 5) is 22.7. The Balaban J connectivity index is 2.33. The molecule has 0 unspecified atom stereocenters. The minimum atomic E-state index is -0.678. The Morgan fingerprint density at radius 3 is 2.72 bits per heavy atom. The fourth-order valence-corrected chi connectivity index (χ4v) is 1.77. The van der Waals surface area contributed by atoms with Gasteiger partial charge in [0.15, 0.2) is 0 Å². The summed E-state index contributed by atoms with van der Waals surface area (Å²) in [6, 6.07) is 5.33. The third-order valence-corrected chi connectivity index (χ3v) is 2.99. The lowest BCUT2D eigenvalue weighted by molar-refractivity contribution is -0.120. The van der Waals surface area contributed by atoms with Gasteiger partial charge in [0.1, 0.15) is 5.82 Å². The Hall–Kier alpha value is -1.27. The molecule has 98 valence electrons. The molecule has 0 aliphatic carbocycles. The first kappa shape index (κ1) is 14.8. The van der Waals surface area contributed by atoms with E-state index in [4.69, 9.17) is 11.6 Å². The van der Waals surface area contributed by atoms with Crippen LogP contribution in [0.1, 0.15) is 12.8 Å². The number of hydrogen-bond acceptors (Lipinski definition) is 3. The van der Waals surface area contributed by atoms with Crippen LogP contribution in [0.2, 0.25) is 0 Å². The van der Waals surface area contributed by atoms with Crippen LogP contribution in [0.3, 0.4) is 0 Å². The predicted octanol–water partition coefficient (Wildman–Crippen LogP) is 2.68. The molecule has 18 heavy (non-hydrogen) atoms. The van der Waals surface area contributed by atoms with E-state index in [0.717, 1.165) is 11.9 Å². The van der Waals surface area contributed by atoms with Crippen molar-refractivity contribution in [2.75, 3.05) is 5.88 Å². The second-order valence-corrected chi connectivity index (χ2v) is 4.53. The zero-order valence-corrected chi connectivity index (χ0v) is 11.0. The molecule has 7 heteroatoms. The minimum Gasteiger partial charge on any atom is -0.277 e. The van der Waals surface area contributed by atoms with Crippen LogP contribution in [0.5, 0.6) is 0 Å². The van der Waals surface area contributed by atoms with Gasteiger partial charge in [-0.05, 0) is 30.5 Å². The molecule has 0 radical (unpaired) electrons. The average molecular weight is 291 g/mol. The first-order valence-corrected chi connectivity index (χ1v) is 6.55. The van der Waals surface area contributed by atoms with Crippen LogP contribution in [0, 0.1) is 5.82 Å². The molecule has 4 nitrogen and oxygen atoms in total. The fourth-order valence-electron chi connectivity index (χ4n) is 1.07. The van der Waals surface area contributed by atoms with Crippen molar-refractivity contribution in [3.8, 4) is 0 Å². The van der Waals surface area contributed by atoms with Crippen molar-refractivity contribution in [1.82, 2.24) is 10.0 Å². The molecule has 1 aromatic rings. The maximum absolute atomic E-state index is 13.2. The SMILES string of the molecule is O=C(CCCCl)NC(=O)NSc1ccccc1F. The second-order valence-electron chi connectivity index (χ2n) is 3.30.